The molecule has 1 atom stereocenters. The van der Waals surface area contributed by atoms with Crippen LogP contribution < -0.4 is 0 Å². The van der Waals surface area contributed by atoms with Crippen molar-refractivity contribution in [2.24, 2.45) is 0 Å². The molecule has 0 unspecified atom stereocenters. The molecule has 0 fully saturated rings. The van der Waals surface area contributed by atoms with Crippen molar-refractivity contribution >= 4 is 38.2 Å². The summed E-state index contributed by atoms with van der Waals surface area (Å²) >= 11 is 1.36. The summed E-state index contributed by atoms with van der Waals surface area (Å²) in [5, 5.41) is 10.8. The largest absolute Gasteiger partial charge is 0.361 e. The highest BCUT2D eigenvalue weighted by Crippen LogP contribution is 2.29. The van der Waals surface area contributed by atoms with Crippen LogP contribution in [0.3, 0.4) is 0 Å². The molecule has 0 amide bonds. The molecule has 2 aromatic heterocycles. The van der Waals surface area contributed by atoms with Crippen LogP contribution in [-0.2, 0) is 11.2 Å². The van der Waals surface area contributed by atoms with E-state index in [1.54, 1.807) is 12.3 Å². The molecule has 4 rings (SSSR count). The summed E-state index contributed by atoms with van der Waals surface area (Å²) < 4.78 is 14.2. The minimum Gasteiger partial charge on any atom is -0.361 e. The molecule has 1 N–H and O–H groups in total. The number of aromatic nitrogens is 2. The number of thiazole rings is 1. The monoisotopic (exact) mass is 349 g/mol. The van der Waals surface area contributed by atoms with E-state index in [0.29, 0.717) is 10.5 Å². The van der Waals surface area contributed by atoms with Gasteiger partial charge in [-0.15, -0.1) is 11.3 Å². The Balaban J connectivity index is 1.65. The highest BCUT2D eigenvalue weighted by atomic mass is 32.1. The first-order valence-electron chi connectivity index (χ1n) is 7.69. The van der Waals surface area contributed by atoms with E-state index in [2.05, 4.69) is 16.0 Å². The molecule has 0 aliphatic carbocycles. The van der Waals surface area contributed by atoms with Gasteiger partial charge in [-0.3, -0.25) is 4.79 Å². The number of hydrogen-bond acceptors (Lipinski definition) is 4. The number of benzene rings is 2. The number of nitrogens with zero attached hydrogens (tertiary/aromatic N) is 2. The van der Waals surface area contributed by atoms with Crippen molar-refractivity contribution in [1.29, 1.82) is 5.26 Å². The standard InChI is InChI=1S/C19H12FN3OS/c20-12-5-6-13-11(10-22-16(13)8-12)7-17(24)14(9-21)19-23-15-3-1-2-4-18(15)25-19/h1-6,8,10,14,22H,7H2/t14-/m0/s1. The lowest BCUT2D eigenvalue weighted by molar-refractivity contribution is -0.118. The van der Waals surface area contributed by atoms with Crippen LogP contribution in [0.5, 0.6) is 0 Å². The van der Waals surface area contributed by atoms with Gasteiger partial charge < -0.3 is 4.98 Å². The van der Waals surface area contributed by atoms with Crippen LogP contribution in [0.25, 0.3) is 21.1 Å². The molecule has 0 saturated carbocycles. The summed E-state index contributed by atoms with van der Waals surface area (Å²) in [7, 11) is 0. The Labute approximate surface area is 146 Å². The fraction of sp³-hybridized carbons (Fsp3) is 0.105. The highest BCUT2D eigenvalue weighted by molar-refractivity contribution is 7.18. The zero-order valence-electron chi connectivity index (χ0n) is 13.0. The molecular weight excluding hydrogens is 337 g/mol. The number of aromatic amines is 1. The van der Waals surface area contributed by atoms with Gasteiger partial charge in [0.05, 0.1) is 16.3 Å². The lowest BCUT2D eigenvalue weighted by Crippen LogP contribution is -2.13. The van der Waals surface area contributed by atoms with E-state index < -0.39 is 5.92 Å². The third kappa shape index (κ3) is 2.79. The Morgan fingerprint density at radius 2 is 2.16 bits per heavy atom. The lowest BCUT2D eigenvalue weighted by atomic mass is 9.99. The van der Waals surface area contributed by atoms with E-state index in [9.17, 15) is 14.4 Å². The van der Waals surface area contributed by atoms with Crippen LogP contribution in [0, 0.1) is 17.1 Å². The number of halogens is 1. The van der Waals surface area contributed by atoms with Gasteiger partial charge >= 0.3 is 0 Å². The van der Waals surface area contributed by atoms with Crippen molar-refractivity contribution in [3.63, 3.8) is 0 Å². The number of nitriles is 1. The van der Waals surface area contributed by atoms with Crippen LogP contribution in [0.4, 0.5) is 4.39 Å². The predicted octanol–water partition coefficient (Wildman–Crippen LogP) is 4.34. The maximum absolute atomic E-state index is 13.3. The number of ketones is 1. The number of rotatable bonds is 4. The quantitative estimate of drug-likeness (QED) is 0.596. The van der Waals surface area contributed by atoms with E-state index in [4.69, 9.17) is 0 Å². The van der Waals surface area contributed by atoms with Crippen LogP contribution in [0.1, 0.15) is 16.5 Å². The van der Waals surface area contributed by atoms with E-state index in [0.717, 1.165) is 21.2 Å². The first kappa shape index (κ1) is 15.5. The second kappa shape index (κ2) is 6.11. The summed E-state index contributed by atoms with van der Waals surface area (Å²) in [6, 6.07) is 14.0. The zero-order chi connectivity index (χ0) is 17.4. The third-order valence-electron chi connectivity index (χ3n) is 4.10. The summed E-state index contributed by atoms with van der Waals surface area (Å²) in [4.78, 5) is 20.1. The Hall–Kier alpha value is -3.04. The molecule has 2 aromatic carbocycles. The lowest BCUT2D eigenvalue weighted by Gasteiger charge is -2.04. The average Bonchev–Trinajstić information content (AvgIpc) is 3.19. The number of carbonyl (C=O) groups excluding carboxylic acids is 1. The molecule has 0 bridgehead atoms. The van der Waals surface area contributed by atoms with E-state index in [1.165, 1.54) is 23.5 Å². The first-order valence-corrected chi connectivity index (χ1v) is 8.50. The molecule has 0 aliphatic rings. The van der Waals surface area contributed by atoms with Crippen molar-refractivity contribution in [2.75, 3.05) is 0 Å². The number of H-pyrrole nitrogens is 1. The first-order chi connectivity index (χ1) is 12.2. The number of Topliss-reactive ketones (excluding diaryl/α,β-unsaturated/α-hetero) is 1. The van der Waals surface area contributed by atoms with Gasteiger partial charge in [0.25, 0.3) is 0 Å². The highest BCUT2D eigenvalue weighted by Gasteiger charge is 2.25. The fourth-order valence-corrected chi connectivity index (χ4v) is 3.91. The van der Waals surface area contributed by atoms with Gasteiger partial charge in [-0.2, -0.15) is 5.26 Å². The van der Waals surface area contributed by atoms with Crippen LogP contribution in [0.15, 0.2) is 48.7 Å². The molecule has 0 radical (unpaired) electrons. The molecule has 0 saturated heterocycles. The molecule has 2 heterocycles. The minimum atomic E-state index is -0.900. The summed E-state index contributed by atoms with van der Waals surface area (Å²) in [6.07, 6.45) is 1.79. The van der Waals surface area contributed by atoms with Crippen molar-refractivity contribution in [3.05, 3.63) is 65.0 Å². The SMILES string of the molecule is N#C[C@@H](C(=O)Cc1c[nH]c2cc(F)ccc12)c1nc2ccccc2s1. The molecule has 122 valence electrons. The number of hydrogen-bond donors (Lipinski definition) is 1. The van der Waals surface area contributed by atoms with E-state index >= 15 is 0 Å². The van der Waals surface area contributed by atoms with Gasteiger partial charge in [0.15, 0.2) is 11.7 Å². The summed E-state index contributed by atoms with van der Waals surface area (Å²) in [5.74, 6) is -1.45. The van der Waals surface area contributed by atoms with Gasteiger partial charge in [0.1, 0.15) is 10.8 Å². The van der Waals surface area contributed by atoms with Crippen molar-refractivity contribution in [1.82, 2.24) is 9.97 Å². The number of nitrogens with one attached hydrogen (secondary N) is 1. The Bertz CT molecular complexity index is 1110. The van der Waals surface area contributed by atoms with Gasteiger partial charge in [-0.25, -0.2) is 9.37 Å². The smallest absolute Gasteiger partial charge is 0.161 e. The number of para-hydroxylation sites is 1. The van der Waals surface area contributed by atoms with Gasteiger partial charge in [-0.05, 0) is 35.9 Å². The average molecular weight is 349 g/mol. The minimum absolute atomic E-state index is 0.0970. The molecule has 6 heteroatoms. The van der Waals surface area contributed by atoms with Crippen molar-refractivity contribution in [2.45, 2.75) is 12.3 Å². The van der Waals surface area contributed by atoms with Crippen LogP contribution in [0.2, 0.25) is 0 Å². The van der Waals surface area contributed by atoms with Crippen molar-refractivity contribution < 1.29 is 9.18 Å². The van der Waals surface area contributed by atoms with Crippen molar-refractivity contribution in [3.8, 4) is 6.07 Å². The Morgan fingerprint density at radius 1 is 1.32 bits per heavy atom. The maximum atomic E-state index is 13.3. The van der Waals surface area contributed by atoms with E-state index in [1.807, 2.05) is 24.3 Å². The third-order valence-corrected chi connectivity index (χ3v) is 5.20. The van der Waals surface area contributed by atoms with E-state index in [-0.39, 0.29) is 18.0 Å². The predicted molar refractivity (Wildman–Crippen MR) is 94.9 cm³/mol. The topological polar surface area (TPSA) is 69.5 Å². The fourth-order valence-electron chi connectivity index (χ4n) is 2.87. The Morgan fingerprint density at radius 3 is 2.96 bits per heavy atom. The number of carbonyl (C=O) groups is 1. The molecule has 4 aromatic rings. The summed E-state index contributed by atoms with van der Waals surface area (Å²) in [5.41, 5.74) is 2.18. The van der Waals surface area contributed by atoms with Crippen LogP contribution >= 0.6 is 11.3 Å². The van der Waals surface area contributed by atoms with Gasteiger partial charge in [0.2, 0.25) is 0 Å². The molecule has 0 aliphatic heterocycles. The maximum Gasteiger partial charge on any atom is 0.161 e. The molecule has 0 spiro atoms. The second-order valence-electron chi connectivity index (χ2n) is 5.73. The molecule has 4 nitrogen and oxygen atoms in total. The molecule has 25 heavy (non-hydrogen) atoms. The zero-order valence-corrected chi connectivity index (χ0v) is 13.8. The second-order valence-corrected chi connectivity index (χ2v) is 6.79. The Kier molecular flexibility index (Phi) is 3.79. The number of fused-ring (bicyclic) bond motifs is 2. The van der Waals surface area contributed by atoms with Gasteiger partial charge in [0, 0.05) is 23.5 Å². The van der Waals surface area contributed by atoms with Gasteiger partial charge in [-0.1, -0.05) is 12.1 Å². The molecular formula is C19H12FN3OS. The normalized spacial score (nSPS) is 12.3. The summed E-state index contributed by atoms with van der Waals surface area (Å²) in [6.45, 7) is 0. The van der Waals surface area contributed by atoms with Crippen LogP contribution in [-0.4, -0.2) is 15.8 Å².